The van der Waals surface area contributed by atoms with Gasteiger partial charge in [-0.1, -0.05) is 32.0 Å². The predicted octanol–water partition coefficient (Wildman–Crippen LogP) is 3.46. The van der Waals surface area contributed by atoms with E-state index in [1.165, 1.54) is 18.4 Å². The van der Waals surface area contributed by atoms with Gasteiger partial charge in [0.2, 0.25) is 0 Å². The minimum Gasteiger partial charge on any atom is -0.493 e. The SMILES string of the molecule is Cc1nnc(CN=C(NC2CCOc3ccccc32)N2CCC(CC(C)C)C2)n1C. The number of nitrogens with one attached hydrogen (secondary N) is 1. The Kier molecular flexibility index (Phi) is 6.25. The first-order valence-electron chi connectivity index (χ1n) is 11.1. The summed E-state index contributed by atoms with van der Waals surface area (Å²) in [5, 5.41) is 12.2. The van der Waals surface area contributed by atoms with Crippen LogP contribution in [0.3, 0.4) is 0 Å². The number of aromatic nitrogens is 3. The quantitative estimate of drug-likeness (QED) is 0.604. The fourth-order valence-electron chi connectivity index (χ4n) is 4.50. The largest absolute Gasteiger partial charge is 0.493 e. The van der Waals surface area contributed by atoms with Crippen LogP contribution in [0.1, 0.15) is 56.4 Å². The molecular formula is C23H34N6O. The van der Waals surface area contributed by atoms with E-state index >= 15 is 0 Å². The lowest BCUT2D eigenvalue weighted by Crippen LogP contribution is -2.43. The van der Waals surface area contributed by atoms with Gasteiger partial charge in [0, 0.05) is 32.1 Å². The number of ether oxygens (including phenoxy) is 1. The van der Waals surface area contributed by atoms with Gasteiger partial charge in [-0.2, -0.15) is 0 Å². The average Bonchev–Trinajstić information content (AvgIpc) is 3.32. The Hall–Kier alpha value is -2.57. The van der Waals surface area contributed by atoms with E-state index in [0.717, 1.165) is 61.3 Å². The highest BCUT2D eigenvalue weighted by Crippen LogP contribution is 2.32. The maximum absolute atomic E-state index is 5.85. The van der Waals surface area contributed by atoms with E-state index in [1.54, 1.807) is 0 Å². The number of rotatable bonds is 5. The van der Waals surface area contributed by atoms with Gasteiger partial charge in [0.15, 0.2) is 11.8 Å². The maximum atomic E-state index is 5.85. The van der Waals surface area contributed by atoms with Crippen molar-refractivity contribution in [3.8, 4) is 5.75 Å². The summed E-state index contributed by atoms with van der Waals surface area (Å²) in [4.78, 5) is 7.42. The molecule has 2 aromatic rings. The molecule has 7 nitrogen and oxygen atoms in total. The second-order valence-electron chi connectivity index (χ2n) is 8.96. The Bertz CT molecular complexity index is 890. The van der Waals surface area contributed by atoms with Gasteiger partial charge >= 0.3 is 0 Å². The van der Waals surface area contributed by atoms with Crippen LogP contribution in [0.15, 0.2) is 29.3 Å². The minimum absolute atomic E-state index is 0.207. The van der Waals surface area contributed by atoms with Crippen molar-refractivity contribution in [1.29, 1.82) is 0 Å². The smallest absolute Gasteiger partial charge is 0.194 e. The number of guanidine groups is 1. The number of hydrogen-bond donors (Lipinski definition) is 1. The molecule has 1 saturated heterocycles. The molecule has 0 aliphatic carbocycles. The number of fused-ring (bicyclic) bond motifs is 1. The van der Waals surface area contributed by atoms with Crippen molar-refractivity contribution in [2.24, 2.45) is 23.9 Å². The van der Waals surface area contributed by atoms with E-state index in [4.69, 9.17) is 9.73 Å². The van der Waals surface area contributed by atoms with Gasteiger partial charge in [-0.25, -0.2) is 4.99 Å². The molecule has 7 heteroatoms. The van der Waals surface area contributed by atoms with Crippen LogP contribution in [0, 0.1) is 18.8 Å². The van der Waals surface area contributed by atoms with Crippen molar-refractivity contribution in [3.05, 3.63) is 41.5 Å². The number of likely N-dealkylation sites (tertiary alicyclic amines) is 1. The summed E-state index contributed by atoms with van der Waals surface area (Å²) in [5.74, 6) is 5.21. The Morgan fingerprint density at radius 3 is 2.87 bits per heavy atom. The maximum Gasteiger partial charge on any atom is 0.194 e. The number of benzene rings is 1. The van der Waals surface area contributed by atoms with Crippen LogP contribution < -0.4 is 10.1 Å². The van der Waals surface area contributed by atoms with Crippen LogP contribution in [0.2, 0.25) is 0 Å². The van der Waals surface area contributed by atoms with E-state index in [-0.39, 0.29) is 6.04 Å². The van der Waals surface area contributed by atoms with Crippen LogP contribution in [0.4, 0.5) is 0 Å². The summed E-state index contributed by atoms with van der Waals surface area (Å²) in [7, 11) is 2.00. The van der Waals surface area contributed by atoms with Crippen molar-refractivity contribution in [3.63, 3.8) is 0 Å². The minimum atomic E-state index is 0.207. The average molecular weight is 411 g/mol. The Balaban J connectivity index is 1.55. The van der Waals surface area contributed by atoms with E-state index < -0.39 is 0 Å². The summed E-state index contributed by atoms with van der Waals surface area (Å²) >= 11 is 0. The van der Waals surface area contributed by atoms with Crippen LogP contribution in [-0.4, -0.2) is 45.3 Å². The molecule has 1 aromatic heterocycles. The third kappa shape index (κ3) is 4.60. The lowest BCUT2D eigenvalue weighted by Gasteiger charge is -2.31. The third-order valence-electron chi connectivity index (χ3n) is 6.20. The highest BCUT2D eigenvalue weighted by atomic mass is 16.5. The van der Waals surface area contributed by atoms with E-state index in [9.17, 15) is 0 Å². The molecule has 0 bridgehead atoms. The standard InChI is InChI=1S/C23H34N6O/c1-16(2)13-18-9-11-29(15-18)23(24-14-22-27-26-17(3)28(22)4)25-20-10-12-30-21-8-6-5-7-19(20)21/h5-8,16,18,20H,9-15H2,1-4H3,(H,24,25). The van der Waals surface area contributed by atoms with Gasteiger partial charge < -0.3 is 19.5 Å². The summed E-state index contributed by atoms with van der Waals surface area (Å²) < 4.78 is 7.86. The molecule has 0 saturated carbocycles. The Labute approximate surface area is 179 Å². The summed E-state index contributed by atoms with van der Waals surface area (Å²) in [6.07, 6.45) is 3.43. The molecule has 162 valence electrons. The van der Waals surface area contributed by atoms with E-state index in [1.807, 2.05) is 24.6 Å². The van der Waals surface area contributed by atoms with Gasteiger partial charge in [0.1, 0.15) is 18.1 Å². The van der Waals surface area contributed by atoms with Gasteiger partial charge in [-0.05, 0) is 37.7 Å². The van der Waals surface area contributed by atoms with Gasteiger partial charge in [-0.15, -0.1) is 10.2 Å². The zero-order valence-corrected chi connectivity index (χ0v) is 18.6. The van der Waals surface area contributed by atoms with Gasteiger partial charge in [0.25, 0.3) is 0 Å². The van der Waals surface area contributed by atoms with Crippen LogP contribution >= 0.6 is 0 Å². The highest BCUT2D eigenvalue weighted by molar-refractivity contribution is 5.81. The van der Waals surface area contributed by atoms with Crippen molar-refractivity contribution in [1.82, 2.24) is 25.0 Å². The molecule has 0 radical (unpaired) electrons. The molecule has 2 atom stereocenters. The van der Waals surface area contributed by atoms with Crippen LogP contribution in [0.25, 0.3) is 0 Å². The monoisotopic (exact) mass is 410 g/mol. The molecule has 1 N–H and O–H groups in total. The number of aliphatic imine (C=N–C) groups is 1. The molecule has 2 aliphatic heterocycles. The summed E-state index contributed by atoms with van der Waals surface area (Å²) in [5.41, 5.74) is 1.21. The van der Waals surface area contributed by atoms with E-state index in [0.29, 0.717) is 6.54 Å². The van der Waals surface area contributed by atoms with Crippen molar-refractivity contribution < 1.29 is 4.74 Å². The first-order chi connectivity index (χ1) is 14.5. The first kappa shape index (κ1) is 20.7. The molecule has 30 heavy (non-hydrogen) atoms. The molecule has 4 rings (SSSR count). The van der Waals surface area contributed by atoms with Gasteiger partial charge in [0.05, 0.1) is 12.6 Å². The van der Waals surface area contributed by atoms with Crippen LogP contribution in [0.5, 0.6) is 5.75 Å². The predicted molar refractivity (Wildman–Crippen MR) is 118 cm³/mol. The zero-order chi connectivity index (χ0) is 21.1. The van der Waals surface area contributed by atoms with Gasteiger partial charge in [-0.3, -0.25) is 0 Å². The molecule has 3 heterocycles. The van der Waals surface area contributed by atoms with Crippen molar-refractivity contribution >= 4 is 5.96 Å². The van der Waals surface area contributed by atoms with Crippen molar-refractivity contribution in [2.45, 2.75) is 52.6 Å². The molecular weight excluding hydrogens is 376 g/mol. The van der Waals surface area contributed by atoms with E-state index in [2.05, 4.69) is 52.5 Å². The topological polar surface area (TPSA) is 67.6 Å². The normalized spacial score (nSPS) is 21.6. The number of hydrogen-bond acceptors (Lipinski definition) is 4. The fourth-order valence-corrected chi connectivity index (χ4v) is 4.50. The molecule has 0 spiro atoms. The first-order valence-corrected chi connectivity index (χ1v) is 11.1. The van der Waals surface area contributed by atoms with Crippen LogP contribution in [-0.2, 0) is 13.6 Å². The molecule has 1 fully saturated rings. The summed E-state index contributed by atoms with van der Waals surface area (Å²) in [6.45, 7) is 9.95. The van der Waals surface area contributed by atoms with Crippen molar-refractivity contribution in [2.75, 3.05) is 19.7 Å². The second kappa shape index (κ2) is 9.06. The fraction of sp³-hybridized carbons (Fsp3) is 0.609. The summed E-state index contributed by atoms with van der Waals surface area (Å²) in [6, 6.07) is 8.52. The molecule has 2 unspecified atom stereocenters. The zero-order valence-electron chi connectivity index (χ0n) is 18.6. The lowest BCUT2D eigenvalue weighted by molar-refractivity contribution is 0.259. The number of para-hydroxylation sites is 1. The highest BCUT2D eigenvalue weighted by Gasteiger charge is 2.29. The third-order valence-corrected chi connectivity index (χ3v) is 6.20. The number of aryl methyl sites for hydroxylation is 1. The molecule has 1 aromatic carbocycles. The Morgan fingerprint density at radius 2 is 2.10 bits per heavy atom. The Morgan fingerprint density at radius 1 is 1.27 bits per heavy atom. The number of nitrogens with zero attached hydrogens (tertiary/aromatic N) is 5. The molecule has 2 aliphatic rings. The lowest BCUT2D eigenvalue weighted by atomic mass is 9.97. The molecule has 0 amide bonds. The second-order valence-corrected chi connectivity index (χ2v) is 8.96.